The minimum absolute atomic E-state index is 0.0270. The SMILES string of the molecule is CCCOP(=O)(CCC(=O)C(C)C)OCCC. The highest BCUT2D eigenvalue weighted by Gasteiger charge is 2.25. The lowest BCUT2D eigenvalue weighted by molar-refractivity contribution is -0.121. The summed E-state index contributed by atoms with van der Waals surface area (Å²) < 4.78 is 22.8. The van der Waals surface area contributed by atoms with Crippen LogP contribution in [0.3, 0.4) is 0 Å². The first-order valence-electron chi connectivity index (χ1n) is 6.36. The normalized spacial score (nSPS) is 12.1. The smallest absolute Gasteiger partial charge is 0.309 e. The number of carbonyl (C=O) groups is 1. The van der Waals surface area contributed by atoms with E-state index in [9.17, 15) is 9.36 Å². The Morgan fingerprint density at radius 3 is 1.94 bits per heavy atom. The van der Waals surface area contributed by atoms with Gasteiger partial charge in [0, 0.05) is 12.3 Å². The summed E-state index contributed by atoms with van der Waals surface area (Å²) in [5.41, 5.74) is 0. The van der Waals surface area contributed by atoms with Crippen LogP contribution in [0, 0.1) is 5.92 Å². The average Bonchev–Trinajstić information content (AvgIpc) is 2.31. The molecule has 0 aromatic heterocycles. The third-order valence-corrected chi connectivity index (χ3v) is 4.18. The Morgan fingerprint density at radius 1 is 1.12 bits per heavy atom. The Labute approximate surface area is 105 Å². The van der Waals surface area contributed by atoms with Crippen LogP contribution >= 0.6 is 7.60 Å². The molecule has 0 aromatic carbocycles. The molecule has 0 saturated heterocycles. The Balaban J connectivity index is 4.27. The summed E-state index contributed by atoms with van der Waals surface area (Å²) in [4.78, 5) is 11.5. The van der Waals surface area contributed by atoms with E-state index in [0.29, 0.717) is 13.2 Å². The van der Waals surface area contributed by atoms with E-state index >= 15 is 0 Å². The molecule has 0 amide bonds. The molecule has 17 heavy (non-hydrogen) atoms. The highest BCUT2D eigenvalue weighted by atomic mass is 31.2. The van der Waals surface area contributed by atoms with Crippen molar-refractivity contribution in [2.45, 2.75) is 47.0 Å². The van der Waals surface area contributed by atoms with Crippen LogP contribution in [0.5, 0.6) is 0 Å². The molecule has 0 spiro atoms. The van der Waals surface area contributed by atoms with E-state index in [-0.39, 0.29) is 24.3 Å². The topological polar surface area (TPSA) is 52.6 Å². The predicted octanol–water partition coefficient (Wildman–Crippen LogP) is 3.65. The highest BCUT2D eigenvalue weighted by molar-refractivity contribution is 7.53. The Bertz CT molecular complexity index is 251. The van der Waals surface area contributed by atoms with E-state index in [1.807, 2.05) is 27.7 Å². The molecular formula is C12H25O4P. The van der Waals surface area contributed by atoms with Crippen molar-refractivity contribution in [3.63, 3.8) is 0 Å². The van der Waals surface area contributed by atoms with E-state index in [2.05, 4.69) is 0 Å². The lowest BCUT2D eigenvalue weighted by atomic mass is 10.1. The lowest BCUT2D eigenvalue weighted by Gasteiger charge is -2.18. The first kappa shape index (κ1) is 16.8. The Morgan fingerprint density at radius 2 is 1.59 bits per heavy atom. The Kier molecular flexibility index (Phi) is 8.75. The van der Waals surface area contributed by atoms with E-state index < -0.39 is 7.60 Å². The van der Waals surface area contributed by atoms with Crippen molar-refractivity contribution in [2.24, 2.45) is 5.92 Å². The second kappa shape index (κ2) is 8.84. The van der Waals surface area contributed by atoms with E-state index in [0.717, 1.165) is 12.8 Å². The van der Waals surface area contributed by atoms with E-state index in [4.69, 9.17) is 9.05 Å². The summed E-state index contributed by atoms with van der Waals surface area (Å²) in [6.07, 6.45) is 2.04. The molecule has 102 valence electrons. The van der Waals surface area contributed by atoms with Gasteiger partial charge in [0.2, 0.25) is 0 Å². The highest BCUT2D eigenvalue weighted by Crippen LogP contribution is 2.49. The van der Waals surface area contributed by atoms with Crippen LogP contribution in [-0.2, 0) is 18.4 Å². The van der Waals surface area contributed by atoms with Crippen LogP contribution in [-0.4, -0.2) is 25.2 Å². The fourth-order valence-electron chi connectivity index (χ4n) is 1.16. The fraction of sp³-hybridized carbons (Fsp3) is 0.917. The monoisotopic (exact) mass is 264 g/mol. The molecule has 0 heterocycles. The molecule has 5 heteroatoms. The van der Waals surface area contributed by atoms with Crippen molar-refractivity contribution in [1.29, 1.82) is 0 Å². The van der Waals surface area contributed by atoms with Gasteiger partial charge in [0.1, 0.15) is 5.78 Å². The van der Waals surface area contributed by atoms with E-state index in [1.54, 1.807) is 0 Å². The van der Waals surface area contributed by atoms with Crippen molar-refractivity contribution < 1.29 is 18.4 Å². The Hall–Kier alpha value is -0.180. The molecule has 0 atom stereocenters. The summed E-state index contributed by atoms with van der Waals surface area (Å²) in [6, 6.07) is 0. The second-order valence-corrected chi connectivity index (χ2v) is 6.56. The van der Waals surface area contributed by atoms with Gasteiger partial charge in [-0.1, -0.05) is 27.7 Å². The zero-order valence-electron chi connectivity index (χ0n) is 11.4. The minimum atomic E-state index is -3.07. The lowest BCUT2D eigenvalue weighted by Crippen LogP contribution is -2.11. The van der Waals surface area contributed by atoms with Crippen LogP contribution in [0.25, 0.3) is 0 Å². The zero-order chi connectivity index (χ0) is 13.3. The van der Waals surface area contributed by atoms with Crippen molar-refractivity contribution >= 4 is 13.4 Å². The summed E-state index contributed by atoms with van der Waals surface area (Å²) in [6.45, 7) is 8.40. The number of ketones is 1. The minimum Gasteiger partial charge on any atom is -0.309 e. The first-order valence-corrected chi connectivity index (χ1v) is 8.08. The molecule has 0 rings (SSSR count). The maximum Gasteiger partial charge on any atom is 0.331 e. The molecule has 0 radical (unpaired) electrons. The number of carbonyl (C=O) groups excluding carboxylic acids is 1. The van der Waals surface area contributed by atoms with Gasteiger partial charge in [0.15, 0.2) is 0 Å². The van der Waals surface area contributed by atoms with Gasteiger partial charge < -0.3 is 9.05 Å². The number of hydrogen-bond donors (Lipinski definition) is 0. The zero-order valence-corrected chi connectivity index (χ0v) is 12.3. The van der Waals surface area contributed by atoms with Gasteiger partial charge >= 0.3 is 7.60 Å². The molecule has 0 aliphatic heterocycles. The van der Waals surface area contributed by atoms with Crippen LogP contribution in [0.1, 0.15) is 47.0 Å². The van der Waals surface area contributed by atoms with Crippen molar-refractivity contribution in [1.82, 2.24) is 0 Å². The third kappa shape index (κ3) is 7.69. The standard InChI is InChI=1S/C12H25O4P/c1-5-8-15-17(14,16-9-6-2)10-7-12(13)11(3)4/h11H,5-10H2,1-4H3. The van der Waals surface area contributed by atoms with Crippen molar-refractivity contribution in [3.8, 4) is 0 Å². The first-order chi connectivity index (χ1) is 7.95. The molecule has 0 N–H and O–H groups in total. The predicted molar refractivity (Wildman–Crippen MR) is 69.4 cm³/mol. The van der Waals surface area contributed by atoms with Gasteiger partial charge in [0.05, 0.1) is 19.4 Å². The van der Waals surface area contributed by atoms with Gasteiger partial charge in [0.25, 0.3) is 0 Å². The van der Waals surface area contributed by atoms with Crippen molar-refractivity contribution in [3.05, 3.63) is 0 Å². The molecule has 0 aliphatic carbocycles. The molecule has 0 unspecified atom stereocenters. The van der Waals surface area contributed by atoms with Crippen LogP contribution in [0.2, 0.25) is 0 Å². The van der Waals surface area contributed by atoms with Crippen LogP contribution < -0.4 is 0 Å². The van der Waals surface area contributed by atoms with Gasteiger partial charge in [-0.3, -0.25) is 9.36 Å². The molecule has 0 saturated carbocycles. The van der Waals surface area contributed by atoms with Gasteiger partial charge in [-0.15, -0.1) is 0 Å². The average molecular weight is 264 g/mol. The summed E-state index contributed by atoms with van der Waals surface area (Å²) in [7, 11) is -3.07. The molecule has 0 fully saturated rings. The van der Waals surface area contributed by atoms with Crippen LogP contribution in [0.4, 0.5) is 0 Å². The quantitative estimate of drug-likeness (QED) is 0.565. The maximum absolute atomic E-state index is 12.3. The van der Waals surface area contributed by atoms with E-state index in [1.165, 1.54) is 0 Å². The molecular weight excluding hydrogens is 239 g/mol. The van der Waals surface area contributed by atoms with Crippen molar-refractivity contribution in [2.75, 3.05) is 19.4 Å². The van der Waals surface area contributed by atoms with Gasteiger partial charge in [-0.2, -0.15) is 0 Å². The summed E-state index contributed by atoms with van der Waals surface area (Å²) in [5, 5.41) is 0. The van der Waals surface area contributed by atoms with Gasteiger partial charge in [-0.05, 0) is 12.8 Å². The third-order valence-electron chi connectivity index (χ3n) is 2.26. The van der Waals surface area contributed by atoms with Crippen LogP contribution in [0.15, 0.2) is 0 Å². The number of rotatable bonds is 10. The number of hydrogen-bond acceptors (Lipinski definition) is 4. The largest absolute Gasteiger partial charge is 0.331 e. The molecule has 0 aliphatic rings. The molecule has 0 aromatic rings. The van der Waals surface area contributed by atoms with Gasteiger partial charge in [-0.25, -0.2) is 0 Å². The molecule has 0 bridgehead atoms. The molecule has 4 nitrogen and oxygen atoms in total. The second-order valence-electron chi connectivity index (χ2n) is 4.37. The maximum atomic E-state index is 12.3. The summed E-state index contributed by atoms with van der Waals surface area (Å²) in [5.74, 6) is 0.0752. The summed E-state index contributed by atoms with van der Waals surface area (Å²) >= 11 is 0. The fourth-order valence-corrected chi connectivity index (χ4v) is 2.91. The number of Topliss-reactive ketones (excluding diaryl/α,β-unsaturated/α-hetero) is 1.